The first kappa shape index (κ1) is 16.5. The molecule has 4 heteroatoms. The van der Waals surface area contributed by atoms with E-state index in [0.717, 1.165) is 35.6 Å². The van der Waals surface area contributed by atoms with Crippen LogP contribution in [0, 0.1) is 13.8 Å². The summed E-state index contributed by atoms with van der Waals surface area (Å²) in [6.45, 7) is 7.18. The Morgan fingerprint density at radius 3 is 2.75 bits per heavy atom. The summed E-state index contributed by atoms with van der Waals surface area (Å²) in [5.74, 6) is 1.88. The van der Waals surface area contributed by atoms with Crippen LogP contribution in [0.5, 0.6) is 5.75 Å². The summed E-state index contributed by atoms with van der Waals surface area (Å²) in [6.07, 6.45) is 0.954. The molecule has 3 rings (SSSR count). The van der Waals surface area contributed by atoms with Crippen molar-refractivity contribution in [1.29, 1.82) is 0 Å². The van der Waals surface area contributed by atoms with E-state index in [2.05, 4.69) is 60.3 Å². The zero-order valence-electron chi connectivity index (χ0n) is 14.8. The van der Waals surface area contributed by atoms with Crippen LogP contribution in [0.15, 0.2) is 36.4 Å². The first-order chi connectivity index (χ1) is 11.5. The number of imidazole rings is 1. The van der Waals surface area contributed by atoms with Gasteiger partial charge in [0.15, 0.2) is 0 Å². The van der Waals surface area contributed by atoms with E-state index in [4.69, 9.17) is 4.74 Å². The number of hydrogen-bond acceptors (Lipinski definition) is 3. The van der Waals surface area contributed by atoms with Crippen LogP contribution in [0.3, 0.4) is 0 Å². The maximum absolute atomic E-state index is 5.28. The maximum atomic E-state index is 5.28. The van der Waals surface area contributed by atoms with Gasteiger partial charge >= 0.3 is 0 Å². The summed E-state index contributed by atoms with van der Waals surface area (Å²) in [6, 6.07) is 12.9. The highest BCUT2D eigenvalue weighted by Gasteiger charge is 2.08. The molecule has 1 aromatic heterocycles. The van der Waals surface area contributed by atoms with E-state index in [1.807, 2.05) is 12.1 Å². The van der Waals surface area contributed by atoms with Gasteiger partial charge in [-0.15, -0.1) is 0 Å². The van der Waals surface area contributed by atoms with Gasteiger partial charge in [-0.05, 0) is 68.1 Å². The Labute approximate surface area is 143 Å². The summed E-state index contributed by atoms with van der Waals surface area (Å²) in [4.78, 5) is 8.09. The Morgan fingerprint density at radius 2 is 1.96 bits per heavy atom. The third kappa shape index (κ3) is 3.77. The molecule has 0 saturated carbocycles. The monoisotopic (exact) mass is 323 g/mol. The predicted octanol–water partition coefficient (Wildman–Crippen LogP) is 3.91. The number of fused-ring (bicyclic) bond motifs is 1. The Morgan fingerprint density at radius 1 is 1.17 bits per heavy atom. The van der Waals surface area contributed by atoms with Crippen molar-refractivity contribution in [2.45, 2.75) is 39.8 Å². The molecule has 0 spiro atoms. The average Bonchev–Trinajstić information content (AvgIpc) is 2.95. The van der Waals surface area contributed by atoms with Crippen LogP contribution in [0.25, 0.3) is 11.0 Å². The second-order valence-corrected chi connectivity index (χ2v) is 6.47. The number of nitrogens with one attached hydrogen (secondary N) is 2. The van der Waals surface area contributed by atoms with Gasteiger partial charge in [0.1, 0.15) is 11.6 Å². The number of H-pyrrole nitrogens is 1. The number of hydrogen-bond donors (Lipinski definition) is 2. The summed E-state index contributed by atoms with van der Waals surface area (Å²) >= 11 is 0. The van der Waals surface area contributed by atoms with Gasteiger partial charge in [0.25, 0.3) is 0 Å². The molecule has 0 aliphatic rings. The predicted molar refractivity (Wildman–Crippen MR) is 98.6 cm³/mol. The van der Waals surface area contributed by atoms with Crippen molar-refractivity contribution >= 4 is 11.0 Å². The summed E-state index contributed by atoms with van der Waals surface area (Å²) in [5.41, 5.74) is 5.98. The van der Waals surface area contributed by atoms with E-state index in [1.54, 1.807) is 7.11 Å². The second kappa shape index (κ2) is 7.05. The molecule has 0 aliphatic heterocycles. The van der Waals surface area contributed by atoms with Gasteiger partial charge < -0.3 is 15.0 Å². The van der Waals surface area contributed by atoms with Gasteiger partial charge in [-0.25, -0.2) is 4.98 Å². The standard InChI is InChI=1S/C20H25N3O/c1-13-8-18-19(9-14(13)2)23-20(22-18)12-21-15(3)10-16-6-5-7-17(11-16)24-4/h5-9,11,15,21H,10,12H2,1-4H3,(H,22,23). The van der Waals surface area contributed by atoms with Crippen molar-refractivity contribution in [3.8, 4) is 5.75 Å². The summed E-state index contributed by atoms with van der Waals surface area (Å²) in [5, 5.41) is 3.54. The van der Waals surface area contributed by atoms with Gasteiger partial charge in [0.05, 0.1) is 24.7 Å². The Hall–Kier alpha value is -2.33. The third-order valence-corrected chi connectivity index (χ3v) is 4.44. The zero-order chi connectivity index (χ0) is 17.1. The minimum Gasteiger partial charge on any atom is -0.497 e. The lowest BCUT2D eigenvalue weighted by molar-refractivity contribution is 0.414. The highest BCUT2D eigenvalue weighted by molar-refractivity contribution is 5.77. The zero-order valence-corrected chi connectivity index (χ0v) is 14.8. The second-order valence-electron chi connectivity index (χ2n) is 6.47. The van der Waals surface area contributed by atoms with E-state index >= 15 is 0 Å². The molecule has 3 aromatic rings. The fraction of sp³-hybridized carbons (Fsp3) is 0.350. The van der Waals surface area contributed by atoms with Gasteiger partial charge in [0, 0.05) is 6.04 Å². The third-order valence-electron chi connectivity index (χ3n) is 4.44. The van der Waals surface area contributed by atoms with Gasteiger partial charge in [0.2, 0.25) is 0 Å². The number of nitrogens with zero attached hydrogens (tertiary/aromatic N) is 1. The van der Waals surface area contributed by atoms with Crippen molar-refractivity contribution < 1.29 is 4.74 Å². The van der Waals surface area contributed by atoms with Crippen LogP contribution >= 0.6 is 0 Å². The quantitative estimate of drug-likeness (QED) is 0.723. The average molecular weight is 323 g/mol. The van der Waals surface area contributed by atoms with E-state index in [1.165, 1.54) is 16.7 Å². The molecule has 24 heavy (non-hydrogen) atoms. The maximum Gasteiger partial charge on any atom is 0.121 e. The molecule has 0 aliphatic carbocycles. The molecule has 2 N–H and O–H groups in total. The fourth-order valence-corrected chi connectivity index (χ4v) is 2.90. The SMILES string of the molecule is COc1cccc(CC(C)NCc2nc3cc(C)c(C)cc3[nH]2)c1. The molecule has 1 atom stereocenters. The molecule has 0 bridgehead atoms. The number of methoxy groups -OCH3 is 1. The lowest BCUT2D eigenvalue weighted by Gasteiger charge is -2.13. The number of aryl methyl sites for hydroxylation is 2. The summed E-state index contributed by atoms with van der Waals surface area (Å²) < 4.78 is 5.28. The Kier molecular flexibility index (Phi) is 4.86. The van der Waals surface area contributed by atoms with E-state index in [9.17, 15) is 0 Å². The highest BCUT2D eigenvalue weighted by atomic mass is 16.5. The van der Waals surface area contributed by atoms with Crippen LogP contribution in [-0.2, 0) is 13.0 Å². The molecular weight excluding hydrogens is 298 g/mol. The minimum atomic E-state index is 0.355. The van der Waals surface area contributed by atoms with Crippen LogP contribution in [-0.4, -0.2) is 23.1 Å². The number of benzene rings is 2. The first-order valence-corrected chi connectivity index (χ1v) is 8.37. The molecule has 0 amide bonds. The molecule has 4 nitrogen and oxygen atoms in total. The van der Waals surface area contributed by atoms with E-state index in [-0.39, 0.29) is 0 Å². The first-order valence-electron chi connectivity index (χ1n) is 8.37. The molecule has 1 unspecified atom stereocenters. The Bertz CT molecular complexity index is 799. The van der Waals surface area contributed by atoms with Crippen LogP contribution < -0.4 is 10.1 Å². The van der Waals surface area contributed by atoms with Gasteiger partial charge in [-0.1, -0.05) is 12.1 Å². The van der Waals surface area contributed by atoms with Crippen LogP contribution in [0.1, 0.15) is 29.4 Å². The largest absolute Gasteiger partial charge is 0.497 e. The number of aromatic nitrogens is 2. The van der Waals surface area contributed by atoms with Crippen molar-refractivity contribution in [2.24, 2.45) is 0 Å². The van der Waals surface area contributed by atoms with Gasteiger partial charge in [-0.3, -0.25) is 0 Å². The number of aromatic amines is 1. The summed E-state index contributed by atoms with van der Waals surface area (Å²) in [7, 11) is 1.70. The molecular formula is C20H25N3O. The fourth-order valence-electron chi connectivity index (χ4n) is 2.90. The van der Waals surface area contributed by atoms with E-state index < -0.39 is 0 Å². The lowest BCUT2D eigenvalue weighted by atomic mass is 10.1. The normalized spacial score (nSPS) is 12.5. The van der Waals surface area contributed by atoms with Crippen molar-refractivity contribution in [3.05, 3.63) is 58.9 Å². The van der Waals surface area contributed by atoms with Crippen molar-refractivity contribution in [1.82, 2.24) is 15.3 Å². The topological polar surface area (TPSA) is 49.9 Å². The van der Waals surface area contributed by atoms with Crippen molar-refractivity contribution in [3.63, 3.8) is 0 Å². The van der Waals surface area contributed by atoms with E-state index in [0.29, 0.717) is 6.04 Å². The molecule has 1 heterocycles. The number of rotatable bonds is 6. The van der Waals surface area contributed by atoms with Crippen LogP contribution in [0.4, 0.5) is 0 Å². The molecule has 2 aromatic carbocycles. The van der Waals surface area contributed by atoms with Crippen LogP contribution in [0.2, 0.25) is 0 Å². The lowest BCUT2D eigenvalue weighted by Crippen LogP contribution is -2.28. The molecule has 0 radical (unpaired) electrons. The molecule has 126 valence electrons. The van der Waals surface area contributed by atoms with Crippen molar-refractivity contribution in [2.75, 3.05) is 7.11 Å². The minimum absolute atomic E-state index is 0.355. The smallest absolute Gasteiger partial charge is 0.121 e. The van der Waals surface area contributed by atoms with Gasteiger partial charge in [-0.2, -0.15) is 0 Å². The number of ether oxygens (including phenoxy) is 1. The highest BCUT2D eigenvalue weighted by Crippen LogP contribution is 2.17. The molecule has 0 fully saturated rings. The Balaban J connectivity index is 1.62. The molecule has 0 saturated heterocycles.